The summed E-state index contributed by atoms with van der Waals surface area (Å²) in [6.45, 7) is 4.28. The zero-order chi connectivity index (χ0) is 23.7. The summed E-state index contributed by atoms with van der Waals surface area (Å²) in [5.41, 5.74) is -2.97. The van der Waals surface area contributed by atoms with Gasteiger partial charge >= 0.3 is 40.3 Å². The molecule has 15 heteroatoms. The molecule has 15 nitrogen and oxygen atoms in total. The number of rotatable bonds is 6. The number of fused-ring (bicyclic) bond motifs is 1. The standard InChI is InChI=1S/C17H20N4O11/c1-5-19-15(25)11-14(18-32-21(11)27)20(17(19)26)16-13(30-9(4)24)12(29-8(3)23)10(31-16)6-28-7(2)22/h10,12-13,16H,5-6H2,1-4H3/t10-,12-,13+,16+/m0/s1. The summed E-state index contributed by atoms with van der Waals surface area (Å²) < 4.78 is 27.2. The lowest BCUT2D eigenvalue weighted by atomic mass is 10.1. The van der Waals surface area contributed by atoms with Crippen LogP contribution in [0.15, 0.2) is 14.2 Å². The quantitative estimate of drug-likeness (QED) is 0.268. The van der Waals surface area contributed by atoms with E-state index in [1.54, 1.807) is 0 Å². The van der Waals surface area contributed by atoms with Gasteiger partial charge in [-0.25, -0.2) is 9.36 Å². The first-order valence-corrected chi connectivity index (χ1v) is 9.44. The molecule has 0 amide bonds. The third-order valence-corrected chi connectivity index (χ3v) is 4.62. The second kappa shape index (κ2) is 8.78. The van der Waals surface area contributed by atoms with E-state index in [2.05, 4.69) is 9.79 Å². The molecule has 0 aliphatic carbocycles. The third kappa shape index (κ3) is 4.05. The number of esters is 3. The van der Waals surface area contributed by atoms with Gasteiger partial charge in [-0.15, -0.1) is 0 Å². The number of carbonyl (C=O) groups excluding carboxylic acids is 3. The van der Waals surface area contributed by atoms with Crippen molar-refractivity contribution in [1.82, 2.24) is 14.3 Å². The Labute approximate surface area is 178 Å². The maximum atomic E-state index is 13.1. The van der Waals surface area contributed by atoms with Crippen LogP contribution in [0.2, 0.25) is 0 Å². The van der Waals surface area contributed by atoms with Gasteiger partial charge in [0, 0.05) is 27.3 Å². The van der Waals surface area contributed by atoms with E-state index in [9.17, 15) is 29.2 Å². The van der Waals surface area contributed by atoms with Gasteiger partial charge in [-0.1, -0.05) is 0 Å². The van der Waals surface area contributed by atoms with Crippen LogP contribution in [-0.4, -0.2) is 57.1 Å². The summed E-state index contributed by atoms with van der Waals surface area (Å²) in [6, 6.07) is 0. The number of aromatic nitrogens is 4. The van der Waals surface area contributed by atoms with Gasteiger partial charge in [0.25, 0.3) is 0 Å². The average Bonchev–Trinajstić information content (AvgIpc) is 3.22. The van der Waals surface area contributed by atoms with Gasteiger partial charge < -0.3 is 24.2 Å². The van der Waals surface area contributed by atoms with Gasteiger partial charge in [0.2, 0.25) is 0 Å². The van der Waals surface area contributed by atoms with E-state index in [-0.39, 0.29) is 11.4 Å². The Morgan fingerprint density at radius 1 is 1.09 bits per heavy atom. The molecule has 0 spiro atoms. The molecule has 2 aromatic heterocycles. The molecule has 1 fully saturated rings. The summed E-state index contributed by atoms with van der Waals surface area (Å²) in [6.07, 6.45) is -5.39. The van der Waals surface area contributed by atoms with Crippen LogP contribution < -0.4 is 16.2 Å². The first-order chi connectivity index (χ1) is 15.1. The highest BCUT2D eigenvalue weighted by Gasteiger charge is 2.52. The molecule has 3 rings (SSSR count). The molecule has 0 saturated carbocycles. The second-order valence-electron chi connectivity index (χ2n) is 6.82. The molecule has 0 N–H and O–H groups in total. The molecule has 1 aliphatic heterocycles. The minimum atomic E-state index is -1.51. The average molecular weight is 456 g/mol. The maximum absolute atomic E-state index is 13.1. The van der Waals surface area contributed by atoms with Crippen molar-refractivity contribution in [3.05, 3.63) is 26.0 Å². The Morgan fingerprint density at radius 3 is 2.28 bits per heavy atom. The second-order valence-corrected chi connectivity index (χ2v) is 6.82. The molecular formula is C17H20N4O11. The molecule has 0 bridgehead atoms. The topological polar surface area (TPSA) is 185 Å². The van der Waals surface area contributed by atoms with Gasteiger partial charge in [-0.05, 0) is 11.8 Å². The molecule has 2 aromatic rings. The van der Waals surface area contributed by atoms with Crippen LogP contribution in [0.25, 0.3) is 11.2 Å². The number of ether oxygens (including phenoxy) is 4. The molecule has 4 atom stereocenters. The monoisotopic (exact) mass is 456 g/mol. The van der Waals surface area contributed by atoms with E-state index >= 15 is 0 Å². The zero-order valence-electron chi connectivity index (χ0n) is 17.5. The third-order valence-electron chi connectivity index (χ3n) is 4.62. The van der Waals surface area contributed by atoms with Crippen LogP contribution in [-0.2, 0) is 39.9 Å². The van der Waals surface area contributed by atoms with Crippen LogP contribution in [0.5, 0.6) is 0 Å². The Balaban J connectivity index is 2.22. The van der Waals surface area contributed by atoms with Gasteiger partial charge in [-0.3, -0.25) is 28.4 Å². The predicted molar refractivity (Wildman–Crippen MR) is 98.8 cm³/mol. The van der Waals surface area contributed by atoms with Crippen molar-refractivity contribution in [2.45, 2.75) is 58.8 Å². The van der Waals surface area contributed by atoms with Crippen LogP contribution in [0.4, 0.5) is 0 Å². The van der Waals surface area contributed by atoms with Crippen LogP contribution in [0.3, 0.4) is 0 Å². The number of hydrogen-bond donors (Lipinski definition) is 0. The predicted octanol–water partition coefficient (Wildman–Crippen LogP) is -1.87. The largest absolute Gasteiger partial charge is 0.463 e. The minimum Gasteiger partial charge on any atom is -0.463 e. The van der Waals surface area contributed by atoms with E-state index in [4.69, 9.17) is 18.9 Å². The minimum absolute atomic E-state index is 0.117. The summed E-state index contributed by atoms with van der Waals surface area (Å²) in [5.74, 6) is -2.23. The molecule has 174 valence electrons. The first kappa shape index (κ1) is 22.9. The summed E-state index contributed by atoms with van der Waals surface area (Å²) in [5, 5.41) is 15.4. The normalized spacial score (nSPS) is 22.6. The fraction of sp³-hybridized carbons (Fsp3) is 0.588. The highest BCUT2D eigenvalue weighted by Crippen LogP contribution is 2.34. The van der Waals surface area contributed by atoms with E-state index in [0.29, 0.717) is 0 Å². The lowest BCUT2D eigenvalue weighted by molar-refractivity contribution is -0.782. The van der Waals surface area contributed by atoms with Crippen molar-refractivity contribution in [3.8, 4) is 0 Å². The highest BCUT2D eigenvalue weighted by molar-refractivity contribution is 5.68. The molecule has 0 aromatic carbocycles. The zero-order valence-corrected chi connectivity index (χ0v) is 17.5. The molecule has 0 radical (unpaired) electrons. The lowest BCUT2D eigenvalue weighted by Gasteiger charge is -2.23. The molecule has 0 unspecified atom stereocenters. The smallest absolute Gasteiger partial charge is 0.336 e. The lowest BCUT2D eigenvalue weighted by Crippen LogP contribution is -2.47. The van der Waals surface area contributed by atoms with E-state index < -0.39 is 71.5 Å². The van der Waals surface area contributed by atoms with Gasteiger partial charge in [-0.2, -0.15) is 0 Å². The van der Waals surface area contributed by atoms with Crippen molar-refractivity contribution in [2.75, 3.05) is 6.61 Å². The van der Waals surface area contributed by atoms with Gasteiger partial charge in [0.05, 0.1) is 5.16 Å². The number of nitrogens with zero attached hydrogens (tertiary/aromatic N) is 4. The number of hydrogen-bond acceptors (Lipinski definition) is 12. The van der Waals surface area contributed by atoms with E-state index in [0.717, 1.165) is 29.9 Å². The maximum Gasteiger partial charge on any atom is 0.336 e. The van der Waals surface area contributed by atoms with Crippen molar-refractivity contribution in [1.29, 1.82) is 0 Å². The van der Waals surface area contributed by atoms with Crippen molar-refractivity contribution >= 4 is 29.1 Å². The molecule has 32 heavy (non-hydrogen) atoms. The Kier molecular flexibility index (Phi) is 6.29. The fourth-order valence-electron chi connectivity index (χ4n) is 3.42. The first-order valence-electron chi connectivity index (χ1n) is 9.44. The summed E-state index contributed by atoms with van der Waals surface area (Å²) >= 11 is 0. The van der Waals surface area contributed by atoms with Crippen molar-refractivity contribution in [3.63, 3.8) is 0 Å². The number of carbonyl (C=O) groups is 3. The van der Waals surface area contributed by atoms with E-state index in [1.165, 1.54) is 6.92 Å². The molecule has 1 saturated heterocycles. The Hall–Kier alpha value is -3.75. The van der Waals surface area contributed by atoms with Gasteiger partial charge in [0.15, 0.2) is 18.4 Å². The summed E-state index contributed by atoms with van der Waals surface area (Å²) in [7, 11) is 0. The van der Waals surface area contributed by atoms with Crippen LogP contribution >= 0.6 is 0 Å². The molecule has 1 aliphatic rings. The van der Waals surface area contributed by atoms with Crippen LogP contribution in [0.1, 0.15) is 33.9 Å². The van der Waals surface area contributed by atoms with Gasteiger partial charge in [0.1, 0.15) is 12.7 Å². The fourth-order valence-corrected chi connectivity index (χ4v) is 3.42. The van der Waals surface area contributed by atoms with Crippen molar-refractivity contribution < 1.29 is 42.9 Å². The van der Waals surface area contributed by atoms with Crippen molar-refractivity contribution in [2.24, 2.45) is 0 Å². The van der Waals surface area contributed by atoms with E-state index in [1.807, 2.05) is 0 Å². The Morgan fingerprint density at radius 2 is 1.72 bits per heavy atom. The highest BCUT2D eigenvalue weighted by atomic mass is 16.8. The van der Waals surface area contributed by atoms with Crippen LogP contribution in [0, 0.1) is 5.21 Å². The molecular weight excluding hydrogens is 436 g/mol. The Bertz CT molecular complexity index is 1180. The molecule has 3 heterocycles. The summed E-state index contributed by atoms with van der Waals surface area (Å²) in [4.78, 5) is 60.1. The SMILES string of the molecule is CCn1c(=O)c2c(no[n+]2[O-])n([C@@H]2O[C@@H](COC(C)=O)[C@H](OC(C)=O)[C@H]2OC(C)=O)c1=O.